The lowest BCUT2D eigenvalue weighted by atomic mass is 10.2. The molecule has 0 saturated carbocycles. The Kier molecular flexibility index (Phi) is 2.98. The molecule has 0 bridgehead atoms. The minimum absolute atomic E-state index is 0.0112. The maximum Gasteiger partial charge on any atom is 0.337 e. The zero-order valence-corrected chi connectivity index (χ0v) is 10.1. The highest BCUT2D eigenvalue weighted by molar-refractivity contribution is 7.91. The Morgan fingerprint density at radius 3 is 2.65 bits per heavy atom. The molecule has 17 heavy (non-hydrogen) atoms. The molecule has 1 fully saturated rings. The highest BCUT2D eigenvalue weighted by atomic mass is 35.5. The smallest absolute Gasteiger partial charge is 0.337 e. The van der Waals surface area contributed by atoms with Gasteiger partial charge in [0.15, 0.2) is 0 Å². The number of benzene rings is 1. The van der Waals surface area contributed by atoms with E-state index in [2.05, 4.69) is 4.72 Å². The summed E-state index contributed by atoms with van der Waals surface area (Å²) in [7, 11) is -3.51. The molecule has 0 radical (unpaired) electrons. The normalized spacial score (nSPS) is 18.3. The van der Waals surface area contributed by atoms with Gasteiger partial charge < -0.3 is 5.11 Å². The third-order valence-electron chi connectivity index (χ3n) is 2.36. The molecule has 1 aliphatic rings. The second-order valence-corrected chi connectivity index (χ2v) is 5.53. The number of nitrogens with zero attached hydrogens (tertiary/aromatic N) is 1. The number of carbonyl (C=O) groups is 1. The number of hydrogen-bond donors (Lipinski definition) is 2. The molecule has 0 amide bonds. The van der Waals surface area contributed by atoms with Crippen LogP contribution >= 0.6 is 11.6 Å². The summed E-state index contributed by atoms with van der Waals surface area (Å²) >= 11 is 5.77. The van der Waals surface area contributed by atoms with Crippen molar-refractivity contribution in [1.29, 1.82) is 0 Å². The first-order valence-corrected chi connectivity index (χ1v) is 6.54. The highest BCUT2D eigenvalue weighted by Crippen LogP contribution is 2.26. The average molecular weight is 277 g/mol. The highest BCUT2D eigenvalue weighted by Gasteiger charge is 2.28. The van der Waals surface area contributed by atoms with E-state index in [-0.39, 0.29) is 10.6 Å². The van der Waals surface area contributed by atoms with Crippen LogP contribution in [0, 0.1) is 0 Å². The van der Waals surface area contributed by atoms with Crippen molar-refractivity contribution >= 4 is 33.5 Å². The van der Waals surface area contributed by atoms with E-state index in [0.717, 1.165) is 4.31 Å². The number of halogens is 1. The quantitative estimate of drug-likeness (QED) is 0.832. The van der Waals surface area contributed by atoms with Crippen LogP contribution in [0.1, 0.15) is 10.4 Å². The van der Waals surface area contributed by atoms with E-state index in [1.165, 1.54) is 18.2 Å². The van der Waals surface area contributed by atoms with Gasteiger partial charge in [0.05, 0.1) is 16.3 Å². The molecule has 1 saturated heterocycles. The van der Waals surface area contributed by atoms with Crippen LogP contribution in [0.25, 0.3) is 0 Å². The number of anilines is 1. The molecular formula is C9H9ClN2O4S. The van der Waals surface area contributed by atoms with Crippen molar-refractivity contribution in [2.24, 2.45) is 0 Å². The molecule has 0 aromatic heterocycles. The van der Waals surface area contributed by atoms with Crippen molar-refractivity contribution in [3.63, 3.8) is 0 Å². The van der Waals surface area contributed by atoms with Crippen LogP contribution in [0.5, 0.6) is 0 Å². The summed E-state index contributed by atoms with van der Waals surface area (Å²) in [6, 6.07) is 4.03. The molecule has 92 valence electrons. The minimum Gasteiger partial charge on any atom is -0.478 e. The first-order chi connectivity index (χ1) is 7.92. The van der Waals surface area contributed by atoms with Gasteiger partial charge in [-0.25, -0.2) is 4.79 Å². The summed E-state index contributed by atoms with van der Waals surface area (Å²) in [4.78, 5) is 10.8. The number of carboxylic acid groups (broad SMARTS) is 1. The lowest BCUT2D eigenvalue weighted by Gasteiger charge is -2.16. The topological polar surface area (TPSA) is 86.7 Å². The van der Waals surface area contributed by atoms with E-state index in [0.29, 0.717) is 18.8 Å². The van der Waals surface area contributed by atoms with Gasteiger partial charge in [0.1, 0.15) is 0 Å². The number of aromatic carboxylic acids is 1. The van der Waals surface area contributed by atoms with Gasteiger partial charge in [-0.15, -0.1) is 0 Å². The van der Waals surface area contributed by atoms with Gasteiger partial charge in [0, 0.05) is 13.1 Å². The molecule has 0 spiro atoms. The van der Waals surface area contributed by atoms with Gasteiger partial charge in [-0.3, -0.25) is 4.31 Å². The molecule has 1 heterocycles. The Morgan fingerprint density at radius 1 is 1.47 bits per heavy atom. The molecule has 0 aliphatic carbocycles. The number of rotatable bonds is 2. The Hall–Kier alpha value is -1.31. The third kappa shape index (κ3) is 2.21. The van der Waals surface area contributed by atoms with Crippen LogP contribution in [0.2, 0.25) is 5.02 Å². The Morgan fingerprint density at radius 2 is 2.18 bits per heavy atom. The summed E-state index contributed by atoms with van der Waals surface area (Å²) in [5.74, 6) is -1.15. The van der Waals surface area contributed by atoms with E-state index < -0.39 is 16.2 Å². The summed E-state index contributed by atoms with van der Waals surface area (Å²) < 4.78 is 26.6. The molecule has 1 aromatic rings. The first-order valence-electron chi connectivity index (χ1n) is 4.72. The third-order valence-corrected chi connectivity index (χ3v) is 4.22. The van der Waals surface area contributed by atoms with Crippen molar-refractivity contribution in [3.8, 4) is 0 Å². The molecule has 0 atom stereocenters. The van der Waals surface area contributed by atoms with Gasteiger partial charge in [-0.2, -0.15) is 13.1 Å². The Balaban J connectivity index is 2.42. The second-order valence-electron chi connectivity index (χ2n) is 3.44. The largest absolute Gasteiger partial charge is 0.478 e. The fourth-order valence-electron chi connectivity index (χ4n) is 1.57. The van der Waals surface area contributed by atoms with Crippen LogP contribution < -0.4 is 9.03 Å². The molecule has 1 aliphatic heterocycles. The summed E-state index contributed by atoms with van der Waals surface area (Å²) in [5.41, 5.74) is 0.296. The van der Waals surface area contributed by atoms with Gasteiger partial charge in [0.25, 0.3) is 0 Å². The molecule has 2 N–H and O–H groups in total. The molecular weight excluding hydrogens is 268 g/mol. The van der Waals surface area contributed by atoms with Gasteiger partial charge in [-0.05, 0) is 18.2 Å². The van der Waals surface area contributed by atoms with E-state index in [1.807, 2.05) is 0 Å². The van der Waals surface area contributed by atoms with Crippen LogP contribution in [0.3, 0.4) is 0 Å². The fraction of sp³-hybridized carbons (Fsp3) is 0.222. The Bertz CT molecular complexity index is 572. The van der Waals surface area contributed by atoms with Gasteiger partial charge >= 0.3 is 16.2 Å². The van der Waals surface area contributed by atoms with E-state index in [1.54, 1.807) is 0 Å². The zero-order valence-electron chi connectivity index (χ0n) is 8.55. The lowest BCUT2D eigenvalue weighted by molar-refractivity contribution is 0.0697. The first kappa shape index (κ1) is 12.2. The number of carboxylic acids is 1. The molecule has 1 aromatic carbocycles. The van der Waals surface area contributed by atoms with Crippen LogP contribution in [0.15, 0.2) is 18.2 Å². The van der Waals surface area contributed by atoms with E-state index in [9.17, 15) is 13.2 Å². The van der Waals surface area contributed by atoms with Crippen molar-refractivity contribution < 1.29 is 18.3 Å². The zero-order chi connectivity index (χ0) is 12.6. The van der Waals surface area contributed by atoms with Gasteiger partial charge in [-0.1, -0.05) is 11.6 Å². The lowest BCUT2D eigenvalue weighted by Crippen LogP contribution is -2.29. The van der Waals surface area contributed by atoms with Crippen molar-refractivity contribution in [1.82, 2.24) is 4.72 Å². The number of hydrogen-bond acceptors (Lipinski definition) is 3. The SMILES string of the molecule is O=C(O)c1ccc(N2CCNS2(=O)=O)cc1Cl. The van der Waals surface area contributed by atoms with Crippen molar-refractivity contribution in [2.45, 2.75) is 0 Å². The molecule has 6 nitrogen and oxygen atoms in total. The van der Waals surface area contributed by atoms with Crippen molar-refractivity contribution in [3.05, 3.63) is 28.8 Å². The summed E-state index contributed by atoms with van der Waals surface area (Å²) in [5, 5.41) is 8.81. The van der Waals surface area contributed by atoms with Crippen LogP contribution in [-0.2, 0) is 10.2 Å². The minimum atomic E-state index is -3.51. The van der Waals surface area contributed by atoms with Crippen molar-refractivity contribution in [2.75, 3.05) is 17.4 Å². The standard InChI is InChI=1S/C9H9ClN2O4S/c10-8-5-6(1-2-7(8)9(13)14)12-4-3-11-17(12,15)16/h1-2,5,11H,3-4H2,(H,13,14). The molecule has 0 unspecified atom stereocenters. The predicted molar refractivity (Wildman–Crippen MR) is 62.7 cm³/mol. The average Bonchev–Trinajstić information content (AvgIpc) is 2.57. The monoisotopic (exact) mass is 276 g/mol. The maximum atomic E-state index is 11.5. The summed E-state index contributed by atoms with van der Waals surface area (Å²) in [6.07, 6.45) is 0. The summed E-state index contributed by atoms with van der Waals surface area (Å²) in [6.45, 7) is 0.617. The second kappa shape index (κ2) is 4.17. The molecule has 2 rings (SSSR count). The van der Waals surface area contributed by atoms with Gasteiger partial charge in [0.2, 0.25) is 0 Å². The maximum absolute atomic E-state index is 11.5. The molecule has 8 heteroatoms. The van der Waals surface area contributed by atoms with E-state index in [4.69, 9.17) is 16.7 Å². The van der Waals surface area contributed by atoms with Crippen LogP contribution in [-0.4, -0.2) is 32.6 Å². The number of nitrogens with one attached hydrogen (secondary N) is 1. The fourth-order valence-corrected chi connectivity index (χ4v) is 3.06. The predicted octanol–water partition coefficient (Wildman–Crippen LogP) is 0.693. The van der Waals surface area contributed by atoms with Crippen LogP contribution in [0.4, 0.5) is 5.69 Å². The van der Waals surface area contributed by atoms with E-state index >= 15 is 0 Å². The Labute approximate surface area is 103 Å².